The Morgan fingerprint density at radius 2 is 1.95 bits per heavy atom. The second-order valence-electron chi connectivity index (χ2n) is 4.77. The van der Waals surface area contributed by atoms with Crippen LogP contribution < -0.4 is 4.74 Å². The van der Waals surface area contributed by atoms with Crippen LogP contribution in [0.15, 0.2) is 53.1 Å². The van der Waals surface area contributed by atoms with E-state index >= 15 is 0 Å². The minimum absolute atomic E-state index is 0.658. The van der Waals surface area contributed by atoms with Crippen LogP contribution >= 0.6 is 15.9 Å². The van der Waals surface area contributed by atoms with Crippen molar-refractivity contribution in [3.05, 3.63) is 70.1 Å². The summed E-state index contributed by atoms with van der Waals surface area (Å²) in [5.74, 6) is 0.860. The Kier molecular flexibility index (Phi) is 3.68. The highest BCUT2D eigenvalue weighted by Crippen LogP contribution is 2.30. The monoisotopic (exact) mass is 340 g/mol. The summed E-state index contributed by atoms with van der Waals surface area (Å²) in [6.45, 7) is 7.89. The van der Waals surface area contributed by atoms with E-state index in [1.807, 2.05) is 30.3 Å². The second-order valence-corrected chi connectivity index (χ2v) is 5.62. The van der Waals surface area contributed by atoms with Crippen molar-refractivity contribution in [1.82, 2.24) is 4.57 Å². The number of hydrogen-bond donors (Lipinski definition) is 0. The summed E-state index contributed by atoms with van der Waals surface area (Å²) in [5, 5.41) is 1.07. The summed E-state index contributed by atoms with van der Waals surface area (Å²) in [6, 6.07) is 13.8. The van der Waals surface area contributed by atoms with E-state index in [4.69, 9.17) is 11.3 Å². The molecule has 21 heavy (non-hydrogen) atoms. The highest BCUT2D eigenvalue weighted by molar-refractivity contribution is 9.10. The van der Waals surface area contributed by atoms with Gasteiger partial charge in [0.1, 0.15) is 5.75 Å². The Balaban J connectivity index is 1.98. The van der Waals surface area contributed by atoms with Crippen molar-refractivity contribution in [2.24, 2.45) is 0 Å². The van der Waals surface area contributed by atoms with Crippen molar-refractivity contribution in [2.75, 3.05) is 7.11 Å². The van der Waals surface area contributed by atoms with Gasteiger partial charge in [-0.25, -0.2) is 4.85 Å². The fraction of sp³-hybridized carbons (Fsp3) is 0.118. The van der Waals surface area contributed by atoms with Gasteiger partial charge in [-0.05, 0) is 45.8 Å². The minimum Gasteiger partial charge on any atom is -0.497 e. The van der Waals surface area contributed by atoms with E-state index in [-0.39, 0.29) is 0 Å². The maximum atomic E-state index is 7.11. The molecule has 104 valence electrons. The van der Waals surface area contributed by atoms with Gasteiger partial charge in [0.25, 0.3) is 0 Å². The maximum absolute atomic E-state index is 7.11. The van der Waals surface area contributed by atoms with Crippen LogP contribution in [0.4, 0.5) is 5.69 Å². The number of rotatable bonds is 3. The molecule has 0 saturated heterocycles. The van der Waals surface area contributed by atoms with E-state index in [1.54, 1.807) is 7.11 Å². The standard InChI is InChI=1S/C17H13BrN2O/c1-19-13-5-8-17-15(9-13)16(18)11-20(17)10-12-3-6-14(21-2)7-4-12/h3-9,11H,10H2,2H3. The van der Waals surface area contributed by atoms with Gasteiger partial charge < -0.3 is 9.30 Å². The van der Waals surface area contributed by atoms with E-state index in [0.29, 0.717) is 5.69 Å². The Morgan fingerprint density at radius 1 is 1.19 bits per heavy atom. The zero-order chi connectivity index (χ0) is 14.8. The van der Waals surface area contributed by atoms with Crippen LogP contribution in [0.5, 0.6) is 5.75 Å². The molecule has 0 atom stereocenters. The van der Waals surface area contributed by atoms with Gasteiger partial charge in [-0.2, -0.15) is 0 Å². The van der Waals surface area contributed by atoms with Gasteiger partial charge in [0.2, 0.25) is 0 Å². The molecule has 1 heterocycles. The molecule has 0 bridgehead atoms. The third-order valence-electron chi connectivity index (χ3n) is 3.46. The third kappa shape index (κ3) is 2.65. The number of hydrogen-bond acceptors (Lipinski definition) is 1. The second kappa shape index (κ2) is 5.63. The summed E-state index contributed by atoms with van der Waals surface area (Å²) in [4.78, 5) is 3.48. The molecule has 0 N–H and O–H groups in total. The van der Waals surface area contributed by atoms with Crippen molar-refractivity contribution < 1.29 is 4.74 Å². The van der Waals surface area contributed by atoms with Gasteiger partial charge in [-0.15, -0.1) is 0 Å². The fourth-order valence-corrected chi connectivity index (χ4v) is 2.93. The first kappa shape index (κ1) is 13.7. The molecule has 0 spiro atoms. The van der Waals surface area contributed by atoms with E-state index in [9.17, 15) is 0 Å². The normalized spacial score (nSPS) is 10.5. The number of benzene rings is 2. The molecule has 0 amide bonds. The van der Waals surface area contributed by atoms with Crippen molar-refractivity contribution in [1.29, 1.82) is 0 Å². The first-order valence-corrected chi connectivity index (χ1v) is 7.29. The Bertz CT molecular complexity index is 828. The molecule has 3 aromatic rings. The quantitative estimate of drug-likeness (QED) is 0.613. The molecule has 0 fully saturated rings. The summed E-state index contributed by atoms with van der Waals surface area (Å²) < 4.78 is 8.36. The Hall–Kier alpha value is -2.25. The Labute approximate surface area is 131 Å². The molecular formula is C17H13BrN2O. The van der Waals surface area contributed by atoms with Crippen LogP contribution in [0.25, 0.3) is 15.7 Å². The van der Waals surface area contributed by atoms with Crippen LogP contribution in [0.3, 0.4) is 0 Å². The Morgan fingerprint density at radius 3 is 2.62 bits per heavy atom. The smallest absolute Gasteiger partial charge is 0.188 e. The first-order valence-electron chi connectivity index (χ1n) is 6.50. The lowest BCUT2D eigenvalue weighted by Crippen LogP contribution is -1.97. The summed E-state index contributed by atoms with van der Waals surface area (Å²) in [6.07, 6.45) is 2.06. The summed E-state index contributed by atoms with van der Waals surface area (Å²) in [7, 11) is 1.67. The molecule has 3 rings (SSSR count). The van der Waals surface area contributed by atoms with Crippen molar-refractivity contribution in [3.63, 3.8) is 0 Å². The lowest BCUT2D eigenvalue weighted by atomic mass is 10.2. The minimum atomic E-state index is 0.658. The van der Waals surface area contributed by atoms with E-state index in [1.165, 1.54) is 5.56 Å². The number of aromatic nitrogens is 1. The van der Waals surface area contributed by atoms with Crippen LogP contribution in [0.1, 0.15) is 5.56 Å². The molecule has 0 aliphatic carbocycles. The third-order valence-corrected chi connectivity index (χ3v) is 4.09. The van der Waals surface area contributed by atoms with Crippen molar-refractivity contribution >= 4 is 32.5 Å². The zero-order valence-electron chi connectivity index (χ0n) is 11.5. The van der Waals surface area contributed by atoms with Gasteiger partial charge >= 0.3 is 0 Å². The van der Waals surface area contributed by atoms with Gasteiger partial charge in [0.15, 0.2) is 5.69 Å². The molecule has 0 aliphatic rings. The van der Waals surface area contributed by atoms with Gasteiger partial charge in [-0.1, -0.05) is 18.2 Å². The molecule has 3 nitrogen and oxygen atoms in total. The van der Waals surface area contributed by atoms with Crippen LogP contribution in [-0.2, 0) is 6.54 Å². The first-order chi connectivity index (χ1) is 10.2. The molecule has 4 heteroatoms. The predicted molar refractivity (Wildman–Crippen MR) is 88.0 cm³/mol. The number of halogens is 1. The van der Waals surface area contributed by atoms with Gasteiger partial charge in [-0.3, -0.25) is 0 Å². The lowest BCUT2D eigenvalue weighted by Gasteiger charge is -2.07. The molecule has 0 radical (unpaired) electrons. The molecular weight excluding hydrogens is 328 g/mol. The average Bonchev–Trinajstić information content (AvgIpc) is 2.83. The van der Waals surface area contributed by atoms with Crippen molar-refractivity contribution in [3.8, 4) is 5.75 Å². The molecule has 0 unspecified atom stereocenters. The number of nitrogens with zero attached hydrogens (tertiary/aromatic N) is 2. The van der Waals surface area contributed by atoms with Gasteiger partial charge in [0, 0.05) is 28.1 Å². The van der Waals surface area contributed by atoms with E-state index < -0.39 is 0 Å². The molecule has 2 aromatic carbocycles. The SMILES string of the molecule is [C-]#[N+]c1ccc2c(c1)c(Br)cn2Cc1ccc(OC)cc1. The summed E-state index contributed by atoms with van der Waals surface area (Å²) in [5.41, 5.74) is 2.98. The van der Waals surface area contributed by atoms with E-state index in [2.05, 4.69) is 43.7 Å². The molecule has 0 saturated carbocycles. The van der Waals surface area contributed by atoms with Crippen LogP contribution in [0, 0.1) is 6.57 Å². The molecule has 0 aliphatic heterocycles. The van der Waals surface area contributed by atoms with Crippen LogP contribution in [-0.4, -0.2) is 11.7 Å². The maximum Gasteiger partial charge on any atom is 0.188 e. The number of methoxy groups -OCH3 is 1. The summed E-state index contributed by atoms with van der Waals surface area (Å²) >= 11 is 3.57. The van der Waals surface area contributed by atoms with Gasteiger partial charge in [0.05, 0.1) is 13.7 Å². The number of ether oxygens (including phenoxy) is 1. The topological polar surface area (TPSA) is 18.5 Å². The predicted octanol–water partition coefficient (Wildman–Crippen LogP) is 5.01. The lowest BCUT2D eigenvalue weighted by molar-refractivity contribution is 0.414. The van der Waals surface area contributed by atoms with Crippen molar-refractivity contribution in [2.45, 2.75) is 6.54 Å². The zero-order valence-corrected chi connectivity index (χ0v) is 13.1. The molecule has 1 aromatic heterocycles. The largest absolute Gasteiger partial charge is 0.497 e. The fourth-order valence-electron chi connectivity index (χ4n) is 2.37. The number of fused-ring (bicyclic) bond motifs is 1. The highest BCUT2D eigenvalue weighted by atomic mass is 79.9. The average molecular weight is 341 g/mol. The van der Waals surface area contributed by atoms with Crippen LogP contribution in [0.2, 0.25) is 0 Å². The van der Waals surface area contributed by atoms with E-state index in [0.717, 1.165) is 27.7 Å². The highest BCUT2D eigenvalue weighted by Gasteiger charge is 2.08.